The van der Waals surface area contributed by atoms with E-state index in [2.05, 4.69) is 28.2 Å². The Morgan fingerprint density at radius 2 is 1.95 bits per heavy atom. The second-order valence-corrected chi connectivity index (χ2v) is 6.02. The van der Waals surface area contributed by atoms with Gasteiger partial charge in [0.05, 0.1) is 19.6 Å². The predicted octanol–water partition coefficient (Wildman–Crippen LogP) is 4.27. The Hall–Kier alpha value is -1.81. The largest absolute Gasteiger partial charge is 0.497 e. The first-order valence-electron chi connectivity index (χ1n) is 7.30. The van der Waals surface area contributed by atoms with E-state index in [0.717, 1.165) is 27.8 Å². The Morgan fingerprint density at radius 3 is 2.59 bits per heavy atom. The molecular weight excluding hydrogens is 342 g/mol. The van der Waals surface area contributed by atoms with Crippen LogP contribution in [0.4, 0.5) is 0 Å². The molecule has 1 unspecified atom stereocenters. The zero-order valence-corrected chi connectivity index (χ0v) is 14.4. The first-order chi connectivity index (χ1) is 10.6. The highest BCUT2D eigenvalue weighted by Crippen LogP contribution is 2.20. The van der Waals surface area contributed by atoms with Crippen molar-refractivity contribution in [2.75, 3.05) is 7.11 Å². The van der Waals surface area contributed by atoms with Gasteiger partial charge < -0.3 is 10.1 Å². The lowest BCUT2D eigenvalue weighted by molar-refractivity contribution is -0.121. The van der Waals surface area contributed by atoms with E-state index in [1.54, 1.807) is 7.11 Å². The van der Waals surface area contributed by atoms with Crippen LogP contribution in [0.1, 0.15) is 30.5 Å². The minimum atomic E-state index is 0.0167. The summed E-state index contributed by atoms with van der Waals surface area (Å²) in [6, 6.07) is 15.7. The number of methoxy groups -OCH3 is 1. The molecule has 0 heterocycles. The highest BCUT2D eigenvalue weighted by atomic mass is 79.9. The second-order valence-electron chi connectivity index (χ2n) is 5.11. The summed E-state index contributed by atoms with van der Waals surface area (Å²) in [7, 11) is 1.62. The summed E-state index contributed by atoms with van der Waals surface area (Å²) in [5.74, 6) is 0.785. The van der Waals surface area contributed by atoms with Crippen molar-refractivity contribution in [2.45, 2.75) is 25.8 Å². The average molecular weight is 362 g/mol. The Kier molecular flexibility index (Phi) is 6.01. The van der Waals surface area contributed by atoms with E-state index >= 15 is 0 Å². The lowest BCUT2D eigenvalue weighted by atomic mass is 10.0. The molecule has 0 fully saturated rings. The van der Waals surface area contributed by atoms with Gasteiger partial charge in [-0.2, -0.15) is 0 Å². The van der Waals surface area contributed by atoms with Crippen LogP contribution < -0.4 is 10.1 Å². The first-order valence-corrected chi connectivity index (χ1v) is 8.09. The molecule has 2 aromatic rings. The Bertz CT molecular complexity index is 625. The lowest BCUT2D eigenvalue weighted by Gasteiger charge is -2.17. The van der Waals surface area contributed by atoms with Crippen molar-refractivity contribution in [3.63, 3.8) is 0 Å². The van der Waals surface area contributed by atoms with E-state index in [1.165, 1.54) is 0 Å². The molecule has 1 amide bonds. The Labute approximate surface area is 139 Å². The Balaban J connectivity index is 2.01. The fourth-order valence-corrected chi connectivity index (χ4v) is 2.59. The minimum absolute atomic E-state index is 0.0167. The molecule has 2 aromatic carbocycles. The summed E-state index contributed by atoms with van der Waals surface area (Å²) in [6.45, 7) is 2.07. The van der Waals surface area contributed by atoms with Gasteiger partial charge in [0.15, 0.2) is 0 Å². The zero-order chi connectivity index (χ0) is 15.9. The molecular formula is C18H20BrNO2. The smallest absolute Gasteiger partial charge is 0.224 e. The third-order valence-electron chi connectivity index (χ3n) is 3.51. The van der Waals surface area contributed by atoms with Crippen LogP contribution in [-0.4, -0.2) is 13.0 Å². The normalized spacial score (nSPS) is 11.8. The molecule has 0 aromatic heterocycles. The molecule has 0 radical (unpaired) electrons. The third-order valence-corrected chi connectivity index (χ3v) is 4.04. The van der Waals surface area contributed by atoms with Gasteiger partial charge in [-0.15, -0.1) is 0 Å². The summed E-state index contributed by atoms with van der Waals surface area (Å²) >= 11 is 3.43. The quantitative estimate of drug-likeness (QED) is 0.834. The highest BCUT2D eigenvalue weighted by molar-refractivity contribution is 9.10. The molecule has 22 heavy (non-hydrogen) atoms. The van der Waals surface area contributed by atoms with Crippen molar-refractivity contribution >= 4 is 21.8 Å². The number of carbonyl (C=O) groups is 1. The molecule has 0 bridgehead atoms. The van der Waals surface area contributed by atoms with E-state index in [9.17, 15) is 4.79 Å². The number of amides is 1. The Morgan fingerprint density at radius 1 is 1.23 bits per heavy atom. The topological polar surface area (TPSA) is 38.3 Å². The molecule has 2 rings (SSSR count). The van der Waals surface area contributed by atoms with Crippen LogP contribution in [0.5, 0.6) is 5.75 Å². The van der Waals surface area contributed by atoms with Gasteiger partial charge in [0.25, 0.3) is 0 Å². The molecule has 0 saturated heterocycles. The molecule has 0 aliphatic carbocycles. The van der Waals surface area contributed by atoms with E-state index in [1.807, 2.05) is 48.5 Å². The van der Waals surface area contributed by atoms with Gasteiger partial charge in [0.1, 0.15) is 5.75 Å². The van der Waals surface area contributed by atoms with Crippen LogP contribution in [0.2, 0.25) is 0 Å². The van der Waals surface area contributed by atoms with Crippen molar-refractivity contribution in [1.82, 2.24) is 5.32 Å². The summed E-state index contributed by atoms with van der Waals surface area (Å²) in [5.41, 5.74) is 2.06. The number of halogens is 1. The second kappa shape index (κ2) is 7.99. The first kappa shape index (κ1) is 16.6. The number of ether oxygens (including phenoxy) is 1. The number of carbonyl (C=O) groups excluding carboxylic acids is 1. The maximum absolute atomic E-state index is 12.3. The maximum atomic E-state index is 12.3. The molecule has 0 aliphatic rings. The molecule has 4 heteroatoms. The van der Waals surface area contributed by atoms with Crippen LogP contribution in [0.15, 0.2) is 53.0 Å². The molecule has 1 N–H and O–H groups in total. The number of benzene rings is 2. The number of hydrogen-bond donors (Lipinski definition) is 1. The van der Waals surface area contributed by atoms with E-state index in [0.29, 0.717) is 6.42 Å². The molecule has 0 aliphatic heterocycles. The van der Waals surface area contributed by atoms with E-state index in [4.69, 9.17) is 4.74 Å². The van der Waals surface area contributed by atoms with Crippen LogP contribution >= 0.6 is 15.9 Å². The maximum Gasteiger partial charge on any atom is 0.224 e. The zero-order valence-electron chi connectivity index (χ0n) is 12.8. The van der Waals surface area contributed by atoms with Gasteiger partial charge in [0.2, 0.25) is 5.91 Å². The summed E-state index contributed by atoms with van der Waals surface area (Å²) in [4.78, 5) is 12.3. The van der Waals surface area contributed by atoms with Crippen LogP contribution in [0.3, 0.4) is 0 Å². The number of nitrogens with one attached hydrogen (secondary N) is 1. The van der Waals surface area contributed by atoms with Crippen molar-refractivity contribution < 1.29 is 9.53 Å². The predicted molar refractivity (Wildman–Crippen MR) is 92.0 cm³/mol. The molecule has 1 atom stereocenters. The van der Waals surface area contributed by atoms with E-state index in [-0.39, 0.29) is 11.9 Å². The van der Waals surface area contributed by atoms with Crippen molar-refractivity contribution in [3.05, 3.63) is 64.1 Å². The van der Waals surface area contributed by atoms with Gasteiger partial charge in [-0.3, -0.25) is 4.79 Å². The fourth-order valence-electron chi connectivity index (χ4n) is 2.33. The molecule has 116 valence electrons. The molecule has 0 spiro atoms. The average Bonchev–Trinajstić information content (AvgIpc) is 2.53. The standard InChI is InChI=1S/C18H20BrNO2/c1-3-17(14-7-9-15(19)10-8-14)20-18(21)12-13-5-4-6-16(11-13)22-2/h4-11,17H,3,12H2,1-2H3,(H,20,21). The van der Waals surface area contributed by atoms with Crippen LogP contribution in [-0.2, 0) is 11.2 Å². The van der Waals surface area contributed by atoms with Crippen molar-refractivity contribution in [3.8, 4) is 5.75 Å². The summed E-state index contributed by atoms with van der Waals surface area (Å²) in [6.07, 6.45) is 1.20. The summed E-state index contributed by atoms with van der Waals surface area (Å²) < 4.78 is 6.22. The third kappa shape index (κ3) is 4.60. The van der Waals surface area contributed by atoms with Gasteiger partial charge in [0, 0.05) is 4.47 Å². The van der Waals surface area contributed by atoms with E-state index < -0.39 is 0 Å². The fraction of sp³-hybridized carbons (Fsp3) is 0.278. The number of rotatable bonds is 6. The van der Waals surface area contributed by atoms with Crippen LogP contribution in [0.25, 0.3) is 0 Å². The van der Waals surface area contributed by atoms with Gasteiger partial charge in [-0.1, -0.05) is 47.1 Å². The SMILES string of the molecule is CCC(NC(=O)Cc1cccc(OC)c1)c1ccc(Br)cc1. The number of hydrogen-bond acceptors (Lipinski definition) is 2. The van der Waals surface area contributed by atoms with Crippen molar-refractivity contribution in [2.24, 2.45) is 0 Å². The summed E-state index contributed by atoms with van der Waals surface area (Å²) in [5, 5.41) is 3.09. The minimum Gasteiger partial charge on any atom is -0.497 e. The monoisotopic (exact) mass is 361 g/mol. The van der Waals surface area contributed by atoms with Crippen LogP contribution in [0, 0.1) is 0 Å². The highest BCUT2D eigenvalue weighted by Gasteiger charge is 2.13. The van der Waals surface area contributed by atoms with Gasteiger partial charge >= 0.3 is 0 Å². The van der Waals surface area contributed by atoms with Crippen molar-refractivity contribution in [1.29, 1.82) is 0 Å². The van der Waals surface area contributed by atoms with Gasteiger partial charge in [-0.25, -0.2) is 0 Å². The lowest BCUT2D eigenvalue weighted by Crippen LogP contribution is -2.29. The molecule has 3 nitrogen and oxygen atoms in total. The van der Waals surface area contributed by atoms with Gasteiger partial charge in [-0.05, 0) is 41.8 Å². The molecule has 0 saturated carbocycles.